The molecule has 2 heterocycles. The molecule has 210 valence electrons. The topological polar surface area (TPSA) is 86.7 Å². The molecule has 42 heavy (non-hydrogen) atoms. The number of rotatable bonds is 8. The summed E-state index contributed by atoms with van der Waals surface area (Å²) < 4.78 is 0. The van der Waals surface area contributed by atoms with Gasteiger partial charge in [0.05, 0.1) is 6.42 Å². The van der Waals surface area contributed by atoms with Gasteiger partial charge >= 0.3 is 5.97 Å². The SMILES string of the molecule is O=C(Cc1ccccc1)NC1C(=O)N2C(C(=O)O)=C(C=P(c3ccccc3)(c3ccccc3)c3ccccc3)CS[C@@H]12. The average Bonchev–Trinajstić information content (AvgIpc) is 3.03. The van der Waals surface area contributed by atoms with Crippen LogP contribution >= 0.6 is 18.6 Å². The Morgan fingerprint density at radius 1 is 0.810 bits per heavy atom. The number of carboxylic acids is 1. The summed E-state index contributed by atoms with van der Waals surface area (Å²) in [6.07, 6.45) is 0.154. The lowest BCUT2D eigenvalue weighted by Gasteiger charge is -2.49. The quantitative estimate of drug-likeness (QED) is 0.241. The van der Waals surface area contributed by atoms with E-state index in [1.54, 1.807) is 0 Å². The van der Waals surface area contributed by atoms with Crippen LogP contribution in [0.4, 0.5) is 0 Å². The first-order valence-corrected chi connectivity index (χ1v) is 16.6. The van der Waals surface area contributed by atoms with Crippen LogP contribution in [0.5, 0.6) is 0 Å². The molecular formula is C34H29N2O4PS. The molecule has 2 amide bonds. The summed E-state index contributed by atoms with van der Waals surface area (Å²) in [5.74, 6) is 0.699. The van der Waals surface area contributed by atoms with E-state index in [0.29, 0.717) is 11.3 Å². The standard InChI is InChI=1S/C34H29N2O4PS/c37-29(21-24-13-5-1-6-14-24)35-30-32(38)36-31(34(39)40)25(23-42-33(30)36)22-41(26-15-7-2-8-16-26,27-17-9-3-10-18-27)28-19-11-4-12-20-28/h1-20,22,30,33H,21,23H2,(H,35,37)(H,39,40)/t30?,33-/m0/s1. The molecule has 2 N–H and O–H groups in total. The number of β-lactam (4-membered cyclic amide) rings is 1. The number of hydrogen-bond donors (Lipinski definition) is 2. The molecule has 2 aliphatic rings. The number of thioether (sulfide) groups is 1. The molecule has 0 radical (unpaired) electrons. The minimum atomic E-state index is -2.48. The van der Waals surface area contributed by atoms with Crippen LogP contribution in [0.15, 0.2) is 133 Å². The Balaban J connectivity index is 1.44. The summed E-state index contributed by atoms with van der Waals surface area (Å²) in [5.41, 5.74) is 1.45. The van der Waals surface area contributed by atoms with Gasteiger partial charge in [0.1, 0.15) is 17.1 Å². The van der Waals surface area contributed by atoms with Crippen LogP contribution in [0.2, 0.25) is 0 Å². The van der Waals surface area contributed by atoms with Gasteiger partial charge in [-0.2, -0.15) is 0 Å². The Hall–Kier alpha value is -4.32. The third-order valence-corrected chi connectivity index (χ3v) is 12.9. The number of nitrogens with zero attached hydrogens (tertiary/aromatic N) is 1. The van der Waals surface area contributed by atoms with Crippen molar-refractivity contribution in [3.05, 3.63) is 138 Å². The third kappa shape index (κ3) is 5.11. The molecule has 0 spiro atoms. The minimum absolute atomic E-state index is 0.00974. The molecule has 8 heteroatoms. The maximum atomic E-state index is 13.4. The van der Waals surface area contributed by atoms with E-state index < -0.39 is 30.2 Å². The van der Waals surface area contributed by atoms with Gasteiger partial charge in [0.25, 0.3) is 5.91 Å². The molecule has 6 rings (SSSR count). The van der Waals surface area contributed by atoms with Crippen molar-refractivity contribution in [2.45, 2.75) is 17.8 Å². The van der Waals surface area contributed by atoms with Gasteiger partial charge in [-0.05, 0) is 39.7 Å². The monoisotopic (exact) mass is 592 g/mol. The maximum Gasteiger partial charge on any atom is 0.352 e. The van der Waals surface area contributed by atoms with Crippen LogP contribution in [0.1, 0.15) is 5.56 Å². The molecule has 1 saturated heterocycles. The summed E-state index contributed by atoms with van der Waals surface area (Å²) in [4.78, 5) is 40.3. The van der Waals surface area contributed by atoms with Crippen LogP contribution in [0.25, 0.3) is 0 Å². The van der Waals surface area contributed by atoms with E-state index in [9.17, 15) is 19.5 Å². The molecular weight excluding hydrogens is 563 g/mol. The zero-order chi connectivity index (χ0) is 29.1. The summed E-state index contributed by atoms with van der Waals surface area (Å²) in [5, 5.41) is 16.1. The molecule has 0 saturated carbocycles. The Bertz CT molecular complexity index is 1610. The number of carbonyl (C=O) groups excluding carboxylic acids is 2. The molecule has 0 aliphatic carbocycles. The highest BCUT2D eigenvalue weighted by Crippen LogP contribution is 2.47. The normalized spacial score (nSPS) is 18.1. The number of carboxylic acid groups (broad SMARTS) is 1. The Morgan fingerprint density at radius 3 is 1.76 bits per heavy atom. The highest BCUT2D eigenvalue weighted by atomic mass is 32.2. The first-order chi connectivity index (χ1) is 20.5. The average molecular weight is 593 g/mol. The molecule has 1 fully saturated rings. The first-order valence-electron chi connectivity index (χ1n) is 13.6. The summed E-state index contributed by atoms with van der Waals surface area (Å²) in [6.45, 7) is -2.48. The Kier molecular flexibility index (Phi) is 7.88. The Labute approximate surface area is 249 Å². The smallest absolute Gasteiger partial charge is 0.352 e. The predicted molar refractivity (Wildman–Crippen MR) is 171 cm³/mol. The maximum absolute atomic E-state index is 13.4. The minimum Gasteiger partial charge on any atom is -0.477 e. The lowest BCUT2D eigenvalue weighted by atomic mass is 10.0. The van der Waals surface area contributed by atoms with Gasteiger partial charge < -0.3 is 10.4 Å². The third-order valence-electron chi connectivity index (χ3n) is 7.56. The summed E-state index contributed by atoms with van der Waals surface area (Å²) >= 11 is 1.48. The van der Waals surface area contributed by atoms with E-state index in [-0.39, 0.29) is 18.0 Å². The van der Waals surface area contributed by atoms with Gasteiger partial charge in [0, 0.05) is 5.75 Å². The summed E-state index contributed by atoms with van der Waals surface area (Å²) in [6, 6.07) is 39.1. The molecule has 4 aromatic rings. The number of hydrogen-bond acceptors (Lipinski definition) is 4. The van der Waals surface area contributed by atoms with Crippen molar-refractivity contribution in [1.82, 2.24) is 10.2 Å². The Morgan fingerprint density at radius 2 is 1.29 bits per heavy atom. The molecule has 2 atom stereocenters. The molecule has 0 aromatic heterocycles. The van der Waals surface area contributed by atoms with Crippen LogP contribution in [0.3, 0.4) is 0 Å². The number of amides is 2. The van der Waals surface area contributed by atoms with E-state index >= 15 is 0 Å². The van der Waals surface area contributed by atoms with Gasteiger partial charge in [-0.15, -0.1) is 11.8 Å². The van der Waals surface area contributed by atoms with Gasteiger partial charge in [-0.25, -0.2) is 4.79 Å². The summed E-state index contributed by atoms with van der Waals surface area (Å²) in [7, 11) is 0. The van der Waals surface area contributed by atoms with Crippen molar-refractivity contribution in [3.8, 4) is 0 Å². The van der Waals surface area contributed by atoms with Crippen molar-refractivity contribution < 1.29 is 19.5 Å². The predicted octanol–water partition coefficient (Wildman–Crippen LogP) is 3.76. The van der Waals surface area contributed by atoms with Crippen molar-refractivity contribution in [2.75, 3.05) is 5.75 Å². The highest BCUT2D eigenvalue weighted by molar-refractivity contribution is 8.00. The van der Waals surface area contributed by atoms with Crippen LogP contribution in [-0.4, -0.2) is 50.8 Å². The second kappa shape index (κ2) is 11.9. The van der Waals surface area contributed by atoms with Crippen molar-refractivity contribution in [2.24, 2.45) is 0 Å². The van der Waals surface area contributed by atoms with Crippen molar-refractivity contribution in [3.63, 3.8) is 0 Å². The number of nitrogens with one attached hydrogen (secondary N) is 1. The molecule has 0 bridgehead atoms. The van der Waals surface area contributed by atoms with E-state index in [1.807, 2.05) is 84.9 Å². The van der Waals surface area contributed by atoms with E-state index in [0.717, 1.165) is 21.5 Å². The fraction of sp³-hybridized carbons (Fsp3) is 0.118. The molecule has 4 aromatic carbocycles. The zero-order valence-corrected chi connectivity index (χ0v) is 24.4. The number of benzene rings is 4. The van der Waals surface area contributed by atoms with Crippen molar-refractivity contribution >= 4 is 58.1 Å². The van der Waals surface area contributed by atoms with Gasteiger partial charge in [-0.3, -0.25) is 14.5 Å². The van der Waals surface area contributed by atoms with Crippen LogP contribution in [0, 0.1) is 0 Å². The lowest BCUT2D eigenvalue weighted by Crippen LogP contribution is -2.70. The van der Waals surface area contributed by atoms with Crippen LogP contribution in [-0.2, 0) is 20.8 Å². The van der Waals surface area contributed by atoms with E-state index in [4.69, 9.17) is 0 Å². The van der Waals surface area contributed by atoms with Crippen molar-refractivity contribution in [1.29, 1.82) is 0 Å². The zero-order valence-electron chi connectivity index (χ0n) is 22.7. The first kappa shape index (κ1) is 27.8. The largest absolute Gasteiger partial charge is 0.477 e. The molecule has 1 unspecified atom stereocenters. The van der Waals surface area contributed by atoms with Gasteiger partial charge in [0.2, 0.25) is 5.91 Å². The number of carbonyl (C=O) groups is 3. The lowest BCUT2D eigenvalue weighted by molar-refractivity contribution is -0.150. The second-order valence-corrected chi connectivity index (χ2v) is 14.5. The van der Waals surface area contributed by atoms with E-state index in [2.05, 4.69) is 47.5 Å². The van der Waals surface area contributed by atoms with Crippen LogP contribution < -0.4 is 21.2 Å². The number of aliphatic carboxylic acids is 1. The second-order valence-electron chi connectivity index (χ2n) is 10.2. The van der Waals surface area contributed by atoms with Gasteiger partial charge in [0.15, 0.2) is 0 Å². The molecule has 2 aliphatic heterocycles. The number of fused-ring (bicyclic) bond motifs is 1. The highest BCUT2D eigenvalue weighted by Gasteiger charge is 2.54. The van der Waals surface area contributed by atoms with E-state index in [1.165, 1.54) is 16.7 Å². The fourth-order valence-electron chi connectivity index (χ4n) is 5.64. The molecule has 6 nitrogen and oxygen atoms in total. The van der Waals surface area contributed by atoms with Gasteiger partial charge in [-0.1, -0.05) is 121 Å². The fourth-order valence-corrected chi connectivity index (χ4v) is 11.0.